The first-order valence-electron chi connectivity index (χ1n) is 8.95. The van der Waals surface area contributed by atoms with Crippen molar-refractivity contribution in [2.45, 2.75) is 38.0 Å². The number of primary sulfonamides is 1. The van der Waals surface area contributed by atoms with Crippen LogP contribution in [-0.2, 0) is 21.2 Å². The average Bonchev–Trinajstić information content (AvgIpc) is 3.16. The number of hydrogen-bond acceptors (Lipinski definition) is 4. The largest absolute Gasteiger partial charge is 0.496 e. The molecule has 28 heavy (non-hydrogen) atoms. The van der Waals surface area contributed by atoms with Crippen molar-refractivity contribution in [3.8, 4) is 5.75 Å². The number of rotatable bonds is 6. The van der Waals surface area contributed by atoms with Gasteiger partial charge in [-0.3, -0.25) is 4.79 Å². The molecule has 0 saturated heterocycles. The van der Waals surface area contributed by atoms with E-state index in [9.17, 15) is 13.2 Å². The number of Topliss-reactive ketones (excluding diaryl/α,β-unsaturated/α-hetero) is 1. The number of carbonyl (C=O) groups is 1. The Morgan fingerprint density at radius 1 is 1.21 bits per heavy atom. The molecule has 2 aromatic rings. The van der Waals surface area contributed by atoms with Gasteiger partial charge in [0.15, 0.2) is 0 Å². The highest BCUT2D eigenvalue weighted by Crippen LogP contribution is 2.65. The molecule has 2 atom stereocenters. The van der Waals surface area contributed by atoms with Gasteiger partial charge in [-0.15, -0.1) is 0 Å². The van der Waals surface area contributed by atoms with Crippen LogP contribution in [0.4, 0.5) is 0 Å². The van der Waals surface area contributed by atoms with E-state index in [1.165, 1.54) is 6.07 Å². The molecule has 3 rings (SSSR count). The topological polar surface area (TPSA) is 86.5 Å². The minimum Gasteiger partial charge on any atom is -0.496 e. The van der Waals surface area contributed by atoms with Gasteiger partial charge < -0.3 is 4.74 Å². The minimum atomic E-state index is -3.76. The van der Waals surface area contributed by atoms with Crippen LogP contribution in [0.1, 0.15) is 36.5 Å². The van der Waals surface area contributed by atoms with E-state index in [0.717, 1.165) is 11.1 Å². The highest BCUT2D eigenvalue weighted by atomic mass is 35.5. The highest BCUT2D eigenvalue weighted by Gasteiger charge is 2.61. The second-order valence-electron chi connectivity index (χ2n) is 7.95. The lowest BCUT2D eigenvalue weighted by atomic mass is 10.0. The Morgan fingerprint density at radius 2 is 1.89 bits per heavy atom. The monoisotopic (exact) mass is 421 g/mol. The number of halogens is 1. The lowest BCUT2D eigenvalue weighted by Gasteiger charge is -2.09. The maximum absolute atomic E-state index is 13.1. The average molecular weight is 422 g/mol. The van der Waals surface area contributed by atoms with E-state index in [1.807, 2.05) is 6.07 Å². The zero-order valence-electron chi connectivity index (χ0n) is 16.3. The summed E-state index contributed by atoms with van der Waals surface area (Å²) in [5.74, 6) is 0.624. The molecule has 0 spiro atoms. The molecule has 1 aliphatic carbocycles. The Balaban J connectivity index is 1.86. The number of sulfonamides is 1. The normalized spacial score (nSPS) is 20.6. The summed E-state index contributed by atoms with van der Waals surface area (Å²) in [5, 5.41) is 5.81. The van der Waals surface area contributed by atoms with Gasteiger partial charge in [-0.2, -0.15) is 0 Å². The fourth-order valence-corrected chi connectivity index (χ4v) is 5.19. The van der Waals surface area contributed by atoms with Gasteiger partial charge in [0.05, 0.1) is 12.0 Å². The fourth-order valence-electron chi connectivity index (χ4n) is 4.23. The zero-order valence-corrected chi connectivity index (χ0v) is 17.9. The maximum atomic E-state index is 13.1. The van der Waals surface area contributed by atoms with Gasteiger partial charge in [0.2, 0.25) is 10.0 Å². The standard InChI is InChI=1S/C21H24ClNO4S/c1-12-9-13(5-8-18(12)28(23,25)26)19-20(21(19,2)3)16(24)11-14-10-15(22)6-7-17(14)27-4/h5-10,19-20H,11H2,1-4H3,(H2,23,25,26)/t19-,20-/m1/s1. The molecule has 7 heteroatoms. The molecule has 2 N–H and O–H groups in total. The van der Waals surface area contributed by atoms with Crippen LogP contribution in [0.15, 0.2) is 41.3 Å². The molecule has 1 fully saturated rings. The quantitative estimate of drug-likeness (QED) is 0.767. The summed E-state index contributed by atoms with van der Waals surface area (Å²) in [5.41, 5.74) is 2.09. The van der Waals surface area contributed by atoms with Gasteiger partial charge in [-0.25, -0.2) is 13.6 Å². The van der Waals surface area contributed by atoms with Crippen molar-refractivity contribution < 1.29 is 17.9 Å². The predicted molar refractivity (Wildman–Crippen MR) is 109 cm³/mol. The van der Waals surface area contributed by atoms with Gasteiger partial charge in [-0.05, 0) is 53.6 Å². The highest BCUT2D eigenvalue weighted by molar-refractivity contribution is 7.89. The molecule has 5 nitrogen and oxygen atoms in total. The SMILES string of the molecule is COc1ccc(Cl)cc1CC(=O)[C@@H]1[C@@H](c2ccc(S(N)(=O)=O)c(C)c2)C1(C)C. The molecule has 0 unspecified atom stereocenters. The third-order valence-electron chi connectivity index (χ3n) is 5.65. The van der Waals surface area contributed by atoms with Crippen LogP contribution in [0.5, 0.6) is 5.75 Å². The van der Waals surface area contributed by atoms with E-state index in [4.69, 9.17) is 21.5 Å². The van der Waals surface area contributed by atoms with Crippen molar-refractivity contribution in [1.82, 2.24) is 0 Å². The molecule has 0 aliphatic heterocycles. The van der Waals surface area contributed by atoms with Crippen LogP contribution in [-0.4, -0.2) is 21.3 Å². The number of carbonyl (C=O) groups excluding carboxylic acids is 1. The van der Waals surface area contributed by atoms with Crippen molar-refractivity contribution in [1.29, 1.82) is 0 Å². The van der Waals surface area contributed by atoms with E-state index in [1.54, 1.807) is 38.3 Å². The molecule has 0 aromatic heterocycles. The van der Waals surface area contributed by atoms with E-state index >= 15 is 0 Å². The zero-order chi connectivity index (χ0) is 20.9. The van der Waals surface area contributed by atoms with Gasteiger partial charge in [0.25, 0.3) is 0 Å². The van der Waals surface area contributed by atoms with Gasteiger partial charge >= 0.3 is 0 Å². The van der Waals surface area contributed by atoms with Crippen molar-refractivity contribution in [2.24, 2.45) is 16.5 Å². The van der Waals surface area contributed by atoms with Crippen molar-refractivity contribution in [3.05, 3.63) is 58.1 Å². The summed E-state index contributed by atoms with van der Waals surface area (Å²) in [6, 6.07) is 10.3. The first kappa shape index (κ1) is 20.8. The van der Waals surface area contributed by atoms with E-state index < -0.39 is 10.0 Å². The maximum Gasteiger partial charge on any atom is 0.238 e. The Morgan fingerprint density at radius 3 is 2.46 bits per heavy atom. The number of methoxy groups -OCH3 is 1. The summed E-state index contributed by atoms with van der Waals surface area (Å²) in [4.78, 5) is 13.2. The van der Waals surface area contributed by atoms with Crippen LogP contribution in [0, 0.1) is 18.3 Å². The van der Waals surface area contributed by atoms with Crippen LogP contribution >= 0.6 is 11.6 Å². The summed E-state index contributed by atoms with van der Waals surface area (Å²) < 4.78 is 28.6. The lowest BCUT2D eigenvalue weighted by Crippen LogP contribution is -2.13. The van der Waals surface area contributed by atoms with Gasteiger partial charge in [0, 0.05) is 22.9 Å². The molecule has 0 amide bonds. The Labute approximate surface area is 170 Å². The smallest absolute Gasteiger partial charge is 0.238 e. The van der Waals surface area contributed by atoms with E-state index in [-0.39, 0.29) is 34.4 Å². The lowest BCUT2D eigenvalue weighted by molar-refractivity contribution is -0.120. The summed E-state index contributed by atoms with van der Waals surface area (Å²) >= 11 is 6.08. The van der Waals surface area contributed by atoms with E-state index in [2.05, 4.69) is 13.8 Å². The van der Waals surface area contributed by atoms with Crippen LogP contribution in [0.2, 0.25) is 5.02 Å². The first-order chi connectivity index (χ1) is 13.0. The van der Waals surface area contributed by atoms with E-state index in [0.29, 0.717) is 16.3 Å². The van der Waals surface area contributed by atoms with Crippen molar-refractivity contribution in [3.63, 3.8) is 0 Å². The number of hydrogen-bond donors (Lipinski definition) is 1. The van der Waals surface area contributed by atoms with Crippen molar-refractivity contribution in [2.75, 3.05) is 7.11 Å². The van der Waals surface area contributed by atoms with Crippen LogP contribution in [0.3, 0.4) is 0 Å². The third kappa shape index (κ3) is 3.81. The molecule has 1 saturated carbocycles. The Kier molecular flexibility index (Phi) is 5.34. The predicted octanol–water partition coefficient (Wildman–Crippen LogP) is 3.86. The molecule has 0 heterocycles. The Bertz CT molecular complexity index is 1050. The summed E-state index contributed by atoms with van der Waals surface area (Å²) in [6.07, 6.45) is 0.239. The second-order valence-corrected chi connectivity index (χ2v) is 9.91. The summed E-state index contributed by atoms with van der Waals surface area (Å²) in [7, 11) is -2.19. The summed E-state index contributed by atoms with van der Waals surface area (Å²) in [6.45, 7) is 5.82. The number of ether oxygens (including phenoxy) is 1. The number of aryl methyl sites for hydroxylation is 1. The van der Waals surface area contributed by atoms with Gasteiger partial charge in [-0.1, -0.05) is 37.6 Å². The molecule has 0 radical (unpaired) electrons. The molecule has 150 valence electrons. The Hall–Kier alpha value is -1.89. The number of nitrogens with two attached hydrogens (primary N) is 1. The van der Waals surface area contributed by atoms with Crippen LogP contribution < -0.4 is 9.88 Å². The molecular formula is C21H24ClNO4S. The number of benzene rings is 2. The fraction of sp³-hybridized carbons (Fsp3) is 0.381. The van der Waals surface area contributed by atoms with Crippen molar-refractivity contribution >= 4 is 27.4 Å². The minimum absolute atomic E-state index is 0.0263. The molecule has 1 aliphatic rings. The van der Waals surface area contributed by atoms with Gasteiger partial charge in [0.1, 0.15) is 11.5 Å². The molecule has 2 aromatic carbocycles. The third-order valence-corrected chi connectivity index (χ3v) is 6.95. The first-order valence-corrected chi connectivity index (χ1v) is 10.9. The second kappa shape index (κ2) is 7.17. The molecule has 0 bridgehead atoms. The number of ketones is 1. The van der Waals surface area contributed by atoms with Crippen LogP contribution in [0.25, 0.3) is 0 Å². The molecular weight excluding hydrogens is 398 g/mol.